The number of hydrogen-bond donors (Lipinski definition) is 2. The summed E-state index contributed by atoms with van der Waals surface area (Å²) in [5, 5.41) is 5.50. The molecular formula is C24H23Cl2F2N3O5. The molecule has 2 heterocycles. The fourth-order valence-corrected chi connectivity index (χ4v) is 4.81. The van der Waals surface area contributed by atoms with Crippen LogP contribution in [0.5, 0.6) is 11.5 Å². The molecule has 2 aromatic rings. The Morgan fingerprint density at radius 1 is 0.889 bits per heavy atom. The molecule has 0 unspecified atom stereocenters. The highest BCUT2D eigenvalue weighted by atomic mass is 35.5. The Labute approximate surface area is 215 Å². The second-order valence-corrected chi connectivity index (χ2v) is 9.62. The molecule has 1 saturated carbocycles. The van der Waals surface area contributed by atoms with Crippen LogP contribution < -0.4 is 20.1 Å². The van der Waals surface area contributed by atoms with Crippen LogP contribution >= 0.6 is 23.2 Å². The van der Waals surface area contributed by atoms with Gasteiger partial charge in [0.15, 0.2) is 13.2 Å². The molecule has 3 amide bonds. The number of rotatable bonds is 8. The summed E-state index contributed by atoms with van der Waals surface area (Å²) < 4.78 is 37.8. The van der Waals surface area contributed by atoms with Gasteiger partial charge in [-0.25, -0.2) is 8.78 Å². The topological polar surface area (TPSA) is 97.0 Å². The van der Waals surface area contributed by atoms with Gasteiger partial charge < -0.3 is 25.0 Å². The Hall–Kier alpha value is -3.11. The normalized spacial score (nSPS) is 22.8. The summed E-state index contributed by atoms with van der Waals surface area (Å²) in [5.41, 5.74) is -2.04. The zero-order chi connectivity index (χ0) is 26.1. The van der Waals surface area contributed by atoms with E-state index in [9.17, 15) is 23.2 Å². The van der Waals surface area contributed by atoms with Gasteiger partial charge in [0.05, 0.1) is 10.0 Å². The number of carbonyl (C=O) groups excluding carboxylic acids is 3. The van der Waals surface area contributed by atoms with Gasteiger partial charge in [-0.1, -0.05) is 23.2 Å². The third kappa shape index (κ3) is 5.19. The Morgan fingerprint density at radius 2 is 1.36 bits per heavy atom. The zero-order valence-electron chi connectivity index (χ0n) is 19.2. The largest absolute Gasteiger partial charge is 0.484 e. The van der Waals surface area contributed by atoms with E-state index in [1.54, 1.807) is 7.05 Å². The molecule has 1 aliphatic carbocycles. The second kappa shape index (κ2) is 10.1. The molecule has 2 aliphatic heterocycles. The van der Waals surface area contributed by atoms with Crippen LogP contribution in [0.25, 0.3) is 0 Å². The molecule has 12 heteroatoms. The van der Waals surface area contributed by atoms with Crippen molar-refractivity contribution in [1.29, 1.82) is 0 Å². The number of nitrogens with zero attached hydrogens (tertiary/aromatic N) is 1. The van der Waals surface area contributed by atoms with Crippen LogP contribution in [0.1, 0.15) is 25.7 Å². The molecule has 36 heavy (non-hydrogen) atoms. The van der Waals surface area contributed by atoms with E-state index < -0.39 is 41.3 Å². The predicted molar refractivity (Wildman–Crippen MR) is 127 cm³/mol. The van der Waals surface area contributed by atoms with E-state index in [-0.39, 0.29) is 34.1 Å². The SMILES string of the molecule is CN1C(=O)C2(NC(=O)COc3ccc(Cl)c(F)c3)CCC1(NC(=O)COc1ccc(Cl)c(F)c1)CC2. The summed E-state index contributed by atoms with van der Waals surface area (Å²) >= 11 is 11.3. The summed E-state index contributed by atoms with van der Waals surface area (Å²) in [6.45, 7) is -0.792. The van der Waals surface area contributed by atoms with Gasteiger partial charge >= 0.3 is 0 Å². The number of benzene rings is 2. The molecule has 3 fully saturated rings. The van der Waals surface area contributed by atoms with Crippen LogP contribution in [0.3, 0.4) is 0 Å². The highest BCUT2D eigenvalue weighted by Crippen LogP contribution is 2.44. The average molecular weight is 542 g/mol. The number of amides is 3. The first-order valence-corrected chi connectivity index (χ1v) is 11.9. The molecule has 0 atom stereocenters. The van der Waals surface area contributed by atoms with E-state index in [1.807, 2.05) is 0 Å². The summed E-state index contributed by atoms with van der Waals surface area (Å²) in [5.74, 6) is -2.42. The van der Waals surface area contributed by atoms with E-state index in [0.29, 0.717) is 25.7 Å². The van der Waals surface area contributed by atoms with E-state index in [0.717, 1.165) is 12.1 Å². The van der Waals surface area contributed by atoms with Gasteiger partial charge in [0.25, 0.3) is 11.8 Å². The Morgan fingerprint density at radius 3 is 1.83 bits per heavy atom. The molecular weight excluding hydrogens is 519 g/mol. The number of fused-ring (bicyclic) bond motifs is 3. The minimum Gasteiger partial charge on any atom is -0.484 e. The summed E-state index contributed by atoms with van der Waals surface area (Å²) in [4.78, 5) is 39.8. The number of hydrogen-bond acceptors (Lipinski definition) is 5. The number of halogens is 4. The van der Waals surface area contributed by atoms with E-state index in [2.05, 4.69) is 10.6 Å². The molecule has 0 aromatic heterocycles. The van der Waals surface area contributed by atoms with Crippen molar-refractivity contribution in [3.8, 4) is 11.5 Å². The number of piperidine rings is 2. The van der Waals surface area contributed by atoms with E-state index in [4.69, 9.17) is 32.7 Å². The smallest absolute Gasteiger partial charge is 0.259 e. The number of ether oxygens (including phenoxy) is 2. The third-order valence-electron chi connectivity index (χ3n) is 6.56. The van der Waals surface area contributed by atoms with Gasteiger partial charge in [0, 0.05) is 19.2 Å². The zero-order valence-corrected chi connectivity index (χ0v) is 20.7. The van der Waals surface area contributed by atoms with Gasteiger partial charge in [-0.2, -0.15) is 0 Å². The van der Waals surface area contributed by atoms with Crippen molar-refractivity contribution in [2.24, 2.45) is 0 Å². The second-order valence-electron chi connectivity index (χ2n) is 8.80. The van der Waals surface area contributed by atoms with Gasteiger partial charge in [-0.05, 0) is 49.9 Å². The molecule has 5 rings (SSSR count). The highest BCUT2D eigenvalue weighted by molar-refractivity contribution is 6.31. The molecule has 8 nitrogen and oxygen atoms in total. The van der Waals surface area contributed by atoms with Gasteiger partial charge in [0.2, 0.25) is 5.91 Å². The maximum Gasteiger partial charge on any atom is 0.259 e. The molecule has 2 aromatic carbocycles. The van der Waals surface area contributed by atoms with Crippen molar-refractivity contribution in [3.63, 3.8) is 0 Å². The van der Waals surface area contributed by atoms with Crippen molar-refractivity contribution in [3.05, 3.63) is 58.1 Å². The average Bonchev–Trinajstić information content (AvgIpc) is 2.85. The van der Waals surface area contributed by atoms with Gasteiger partial charge in [-0.3, -0.25) is 14.4 Å². The van der Waals surface area contributed by atoms with E-state index >= 15 is 0 Å². The molecule has 0 spiro atoms. The first-order chi connectivity index (χ1) is 17.0. The fourth-order valence-electron chi connectivity index (χ4n) is 4.57. The van der Waals surface area contributed by atoms with Crippen molar-refractivity contribution in [2.45, 2.75) is 36.9 Å². The number of likely N-dealkylation sites (N-methyl/N-ethyl adjacent to an activating group) is 1. The maximum atomic E-state index is 13.6. The lowest BCUT2D eigenvalue weighted by Gasteiger charge is -2.57. The first-order valence-electron chi connectivity index (χ1n) is 11.1. The third-order valence-corrected chi connectivity index (χ3v) is 7.17. The lowest BCUT2D eigenvalue weighted by Crippen LogP contribution is -2.77. The Kier molecular flexibility index (Phi) is 7.28. The molecule has 0 radical (unpaired) electrons. The molecule has 2 N–H and O–H groups in total. The quantitative estimate of drug-likeness (QED) is 0.533. The Bertz CT molecular complexity index is 1200. The molecule has 2 saturated heterocycles. The minimum atomic E-state index is -1.12. The molecule has 2 bridgehead atoms. The standard InChI is InChI=1S/C24H23Cl2F2N3O5/c1-31-22(34)23(29-20(32)12-35-14-2-4-16(25)18(27)10-14)6-8-24(31,9-7-23)30-21(33)13-36-15-3-5-17(26)19(28)11-15/h2-5,10-11H,6-9,12-13H2,1H3,(H,29,32)(H,30,33). The van der Waals surface area contributed by atoms with Crippen molar-refractivity contribution < 1.29 is 32.6 Å². The van der Waals surface area contributed by atoms with Crippen molar-refractivity contribution in [1.82, 2.24) is 15.5 Å². The number of nitrogens with one attached hydrogen (secondary N) is 2. The van der Waals surface area contributed by atoms with Crippen LogP contribution in [-0.2, 0) is 14.4 Å². The van der Waals surface area contributed by atoms with Crippen LogP contribution in [0.2, 0.25) is 10.0 Å². The maximum absolute atomic E-state index is 13.6. The van der Waals surface area contributed by atoms with Crippen molar-refractivity contribution >= 4 is 40.9 Å². The van der Waals surface area contributed by atoms with Crippen LogP contribution in [0, 0.1) is 11.6 Å². The molecule has 192 valence electrons. The first kappa shape index (κ1) is 26.0. The van der Waals surface area contributed by atoms with Crippen molar-refractivity contribution in [2.75, 3.05) is 20.3 Å². The van der Waals surface area contributed by atoms with Crippen LogP contribution in [0.4, 0.5) is 8.78 Å². The predicted octanol–water partition coefficient (Wildman–Crippen LogP) is 3.44. The monoisotopic (exact) mass is 541 g/mol. The number of carbonyl (C=O) groups is 3. The summed E-state index contributed by atoms with van der Waals surface area (Å²) in [6.07, 6.45) is 1.42. The minimum absolute atomic E-state index is 0.0590. The summed E-state index contributed by atoms with van der Waals surface area (Å²) in [7, 11) is 1.56. The lowest BCUT2D eigenvalue weighted by atomic mass is 9.69. The fraction of sp³-hybridized carbons (Fsp3) is 0.375. The van der Waals surface area contributed by atoms with Crippen LogP contribution in [-0.4, -0.2) is 54.1 Å². The molecule has 3 aliphatic rings. The lowest BCUT2D eigenvalue weighted by molar-refractivity contribution is -0.166. The Balaban J connectivity index is 1.32. The van der Waals surface area contributed by atoms with Gasteiger partial charge in [-0.15, -0.1) is 0 Å². The van der Waals surface area contributed by atoms with Gasteiger partial charge in [0.1, 0.15) is 34.3 Å². The highest BCUT2D eigenvalue weighted by Gasteiger charge is 2.58. The van der Waals surface area contributed by atoms with E-state index in [1.165, 1.54) is 29.2 Å². The van der Waals surface area contributed by atoms with Crippen LogP contribution in [0.15, 0.2) is 36.4 Å². The summed E-state index contributed by atoms with van der Waals surface area (Å²) in [6, 6.07) is 7.66.